The third kappa shape index (κ3) is 2.95. The van der Waals surface area contributed by atoms with E-state index >= 15 is 0 Å². The first-order valence-corrected chi connectivity index (χ1v) is 6.20. The molecule has 0 saturated heterocycles. The van der Waals surface area contributed by atoms with Crippen LogP contribution in [0.25, 0.3) is 0 Å². The third-order valence-corrected chi connectivity index (χ3v) is 3.06. The number of anilines is 1. The third-order valence-electron chi connectivity index (χ3n) is 2.62. The number of likely N-dealkylation sites (N-methyl/N-ethyl adjacent to an activating group) is 1. The van der Waals surface area contributed by atoms with E-state index < -0.39 is 0 Å². The van der Waals surface area contributed by atoms with Gasteiger partial charge in [0.2, 0.25) is 0 Å². The summed E-state index contributed by atoms with van der Waals surface area (Å²) in [7, 11) is 3.99. The molecule has 1 aromatic rings. The number of carbonyl (C=O) groups excluding carboxylic acids is 1. The molecule has 2 heterocycles. The van der Waals surface area contributed by atoms with Crippen molar-refractivity contribution >= 4 is 27.8 Å². The monoisotopic (exact) mass is 298 g/mol. The number of fused-ring (bicyclic) bond motifs is 1. The van der Waals surface area contributed by atoms with Gasteiger partial charge in [-0.05, 0) is 36.1 Å². The average molecular weight is 299 g/mol. The van der Waals surface area contributed by atoms with Crippen molar-refractivity contribution < 1.29 is 4.79 Å². The second kappa shape index (κ2) is 5.01. The van der Waals surface area contributed by atoms with Crippen LogP contribution in [0.3, 0.4) is 0 Å². The first-order chi connectivity index (χ1) is 8.06. The molecule has 0 unspecified atom stereocenters. The van der Waals surface area contributed by atoms with Crippen molar-refractivity contribution in [3.63, 3.8) is 0 Å². The molecule has 5 nitrogen and oxygen atoms in total. The summed E-state index contributed by atoms with van der Waals surface area (Å²) in [6.07, 6.45) is 1.69. The van der Waals surface area contributed by atoms with Crippen molar-refractivity contribution in [1.82, 2.24) is 14.8 Å². The number of nitrogens with one attached hydrogen (secondary N) is 1. The van der Waals surface area contributed by atoms with Crippen LogP contribution in [0.1, 0.15) is 5.56 Å². The number of halogens is 1. The molecule has 1 aliphatic rings. The molecule has 0 atom stereocenters. The Kier molecular flexibility index (Phi) is 3.63. The Labute approximate surface area is 109 Å². The molecule has 0 radical (unpaired) electrons. The smallest absolute Gasteiger partial charge is 0.319 e. The Morgan fingerprint density at radius 2 is 2.35 bits per heavy atom. The summed E-state index contributed by atoms with van der Waals surface area (Å²) < 4.78 is 0.931. The summed E-state index contributed by atoms with van der Waals surface area (Å²) in [4.78, 5) is 19.8. The first-order valence-electron chi connectivity index (χ1n) is 5.41. The van der Waals surface area contributed by atoms with Crippen molar-refractivity contribution in [2.75, 3.05) is 32.5 Å². The number of urea groups is 1. The lowest BCUT2D eigenvalue weighted by molar-refractivity contribution is 0.199. The molecular formula is C11H15BrN4O. The number of pyridine rings is 1. The number of rotatable bonds is 3. The highest BCUT2D eigenvalue weighted by Gasteiger charge is 2.23. The molecular weight excluding hydrogens is 284 g/mol. The van der Waals surface area contributed by atoms with Crippen molar-refractivity contribution in [2.24, 2.45) is 0 Å². The van der Waals surface area contributed by atoms with E-state index in [9.17, 15) is 4.79 Å². The largest absolute Gasteiger partial charge is 0.323 e. The van der Waals surface area contributed by atoms with Crippen LogP contribution in [0.5, 0.6) is 0 Å². The topological polar surface area (TPSA) is 48.5 Å². The van der Waals surface area contributed by atoms with Gasteiger partial charge in [-0.25, -0.2) is 9.78 Å². The molecule has 2 amide bonds. The molecule has 0 bridgehead atoms. The van der Waals surface area contributed by atoms with Crippen molar-refractivity contribution in [1.29, 1.82) is 0 Å². The van der Waals surface area contributed by atoms with Crippen LogP contribution in [-0.2, 0) is 6.54 Å². The molecule has 17 heavy (non-hydrogen) atoms. The fourth-order valence-corrected chi connectivity index (χ4v) is 2.05. The van der Waals surface area contributed by atoms with Gasteiger partial charge in [-0.1, -0.05) is 0 Å². The molecule has 6 heteroatoms. The summed E-state index contributed by atoms with van der Waals surface area (Å²) in [5.41, 5.74) is 1.04. The Hall–Kier alpha value is -1.14. The van der Waals surface area contributed by atoms with E-state index in [1.165, 1.54) is 0 Å². The number of carbonyl (C=O) groups is 1. The van der Waals surface area contributed by atoms with E-state index in [2.05, 4.69) is 31.1 Å². The van der Waals surface area contributed by atoms with Gasteiger partial charge in [0.25, 0.3) is 0 Å². The summed E-state index contributed by atoms with van der Waals surface area (Å²) in [5, 5.41) is 2.80. The maximum Gasteiger partial charge on any atom is 0.323 e. The fourth-order valence-electron chi connectivity index (χ4n) is 1.67. The van der Waals surface area contributed by atoms with Crippen molar-refractivity contribution in [2.45, 2.75) is 6.54 Å². The zero-order valence-electron chi connectivity index (χ0n) is 9.90. The molecule has 0 aliphatic carbocycles. The average Bonchev–Trinajstić information content (AvgIpc) is 2.26. The number of aromatic nitrogens is 1. The summed E-state index contributed by atoms with van der Waals surface area (Å²) in [6.45, 7) is 2.18. The molecule has 92 valence electrons. The Morgan fingerprint density at radius 1 is 1.59 bits per heavy atom. The van der Waals surface area contributed by atoms with Crippen LogP contribution in [0.2, 0.25) is 0 Å². The van der Waals surface area contributed by atoms with Crippen LogP contribution >= 0.6 is 15.9 Å². The zero-order valence-corrected chi connectivity index (χ0v) is 11.5. The Morgan fingerprint density at radius 3 is 3.06 bits per heavy atom. The summed E-state index contributed by atoms with van der Waals surface area (Å²) in [5.74, 6) is 0.666. The van der Waals surface area contributed by atoms with Crippen LogP contribution < -0.4 is 5.32 Å². The Bertz CT molecular complexity index is 435. The van der Waals surface area contributed by atoms with E-state index in [1.54, 1.807) is 11.1 Å². The molecule has 1 aliphatic heterocycles. The van der Waals surface area contributed by atoms with Gasteiger partial charge in [-0.2, -0.15) is 0 Å². The standard InChI is InChI=1S/C11H15BrN4O/c1-15(2)3-4-16-7-8-5-9(12)6-13-10(8)14-11(16)17/h5-6H,3-4,7H2,1-2H3,(H,13,14,17). The molecule has 1 N–H and O–H groups in total. The van der Waals surface area contributed by atoms with Crippen LogP contribution in [-0.4, -0.2) is 48.0 Å². The van der Waals surface area contributed by atoms with Crippen LogP contribution in [0.4, 0.5) is 10.6 Å². The van der Waals surface area contributed by atoms with Crippen molar-refractivity contribution in [3.8, 4) is 0 Å². The number of nitrogens with zero attached hydrogens (tertiary/aromatic N) is 3. The zero-order chi connectivity index (χ0) is 12.4. The number of amides is 2. The lowest BCUT2D eigenvalue weighted by Crippen LogP contribution is -2.42. The molecule has 1 aromatic heterocycles. The fraction of sp³-hybridized carbons (Fsp3) is 0.455. The lowest BCUT2D eigenvalue weighted by Gasteiger charge is -2.29. The second-order valence-electron chi connectivity index (χ2n) is 4.32. The van der Waals surface area contributed by atoms with Crippen LogP contribution in [0, 0.1) is 0 Å². The minimum absolute atomic E-state index is 0.0748. The first kappa shape index (κ1) is 12.3. The minimum Gasteiger partial charge on any atom is -0.319 e. The molecule has 0 aromatic carbocycles. The number of hydrogen-bond donors (Lipinski definition) is 1. The van der Waals surface area contributed by atoms with E-state index in [1.807, 2.05) is 20.2 Å². The highest BCUT2D eigenvalue weighted by atomic mass is 79.9. The lowest BCUT2D eigenvalue weighted by atomic mass is 10.2. The van der Waals surface area contributed by atoms with Gasteiger partial charge in [0.1, 0.15) is 5.82 Å². The van der Waals surface area contributed by atoms with Gasteiger partial charge >= 0.3 is 6.03 Å². The quantitative estimate of drug-likeness (QED) is 0.925. The maximum absolute atomic E-state index is 11.8. The van der Waals surface area contributed by atoms with Gasteiger partial charge < -0.3 is 9.80 Å². The Balaban J connectivity index is 2.11. The minimum atomic E-state index is -0.0748. The number of hydrogen-bond acceptors (Lipinski definition) is 3. The molecule has 0 fully saturated rings. The highest BCUT2D eigenvalue weighted by molar-refractivity contribution is 9.10. The highest BCUT2D eigenvalue weighted by Crippen LogP contribution is 2.23. The van der Waals surface area contributed by atoms with Gasteiger partial charge in [0.05, 0.1) is 6.54 Å². The summed E-state index contributed by atoms with van der Waals surface area (Å²) >= 11 is 3.39. The van der Waals surface area contributed by atoms with E-state index in [0.717, 1.165) is 16.6 Å². The maximum atomic E-state index is 11.8. The SMILES string of the molecule is CN(C)CCN1Cc2cc(Br)cnc2NC1=O. The van der Waals surface area contributed by atoms with Gasteiger partial charge in [-0.3, -0.25) is 5.32 Å². The molecule has 0 spiro atoms. The van der Waals surface area contributed by atoms with E-state index in [4.69, 9.17) is 0 Å². The van der Waals surface area contributed by atoms with E-state index in [0.29, 0.717) is 18.9 Å². The van der Waals surface area contributed by atoms with Gasteiger partial charge in [-0.15, -0.1) is 0 Å². The van der Waals surface area contributed by atoms with Crippen LogP contribution in [0.15, 0.2) is 16.7 Å². The van der Waals surface area contributed by atoms with Gasteiger partial charge in [0, 0.05) is 29.3 Å². The van der Waals surface area contributed by atoms with Crippen molar-refractivity contribution in [3.05, 3.63) is 22.3 Å². The second-order valence-corrected chi connectivity index (χ2v) is 5.23. The normalized spacial score (nSPS) is 14.8. The predicted octanol–water partition coefficient (Wildman–Crippen LogP) is 1.75. The predicted molar refractivity (Wildman–Crippen MR) is 69.9 cm³/mol. The van der Waals surface area contributed by atoms with Gasteiger partial charge in [0.15, 0.2) is 0 Å². The molecule has 2 rings (SSSR count). The van der Waals surface area contributed by atoms with E-state index in [-0.39, 0.29) is 6.03 Å². The summed E-state index contributed by atoms with van der Waals surface area (Å²) in [6, 6.07) is 1.92. The molecule has 0 saturated carbocycles.